The lowest BCUT2D eigenvalue weighted by Gasteiger charge is -2.19. The second-order valence-electron chi connectivity index (χ2n) is 6.41. The fourth-order valence-corrected chi connectivity index (χ4v) is 2.95. The Morgan fingerprint density at radius 2 is 1.96 bits per heavy atom. The van der Waals surface area contributed by atoms with E-state index in [0.29, 0.717) is 17.7 Å². The lowest BCUT2D eigenvalue weighted by atomic mass is 9.98. The van der Waals surface area contributed by atoms with Crippen LogP contribution in [0.4, 0.5) is 22.1 Å². The Labute approximate surface area is 159 Å². The highest BCUT2D eigenvalue weighted by Gasteiger charge is 2.32. The van der Waals surface area contributed by atoms with Gasteiger partial charge in [0.15, 0.2) is 11.6 Å². The van der Waals surface area contributed by atoms with Crippen molar-refractivity contribution in [3.63, 3.8) is 0 Å². The summed E-state index contributed by atoms with van der Waals surface area (Å²) < 4.78 is 6.17. The first-order valence-electron chi connectivity index (χ1n) is 8.67. The van der Waals surface area contributed by atoms with Gasteiger partial charge in [-0.3, -0.25) is 14.9 Å². The summed E-state index contributed by atoms with van der Waals surface area (Å²) in [5.74, 6) is -0.580. The van der Waals surface area contributed by atoms with Crippen molar-refractivity contribution in [2.45, 2.75) is 13.3 Å². The van der Waals surface area contributed by atoms with Crippen LogP contribution in [0.25, 0.3) is 0 Å². The number of carbonyl (C=O) groups is 3. The van der Waals surface area contributed by atoms with Gasteiger partial charge in [-0.2, -0.15) is 4.68 Å². The van der Waals surface area contributed by atoms with Gasteiger partial charge >= 0.3 is 11.9 Å². The van der Waals surface area contributed by atoms with Gasteiger partial charge in [-0.25, -0.2) is 4.79 Å². The van der Waals surface area contributed by atoms with Crippen LogP contribution in [0.2, 0.25) is 0 Å². The van der Waals surface area contributed by atoms with Crippen LogP contribution in [0.15, 0.2) is 53.1 Å². The fourth-order valence-electron chi connectivity index (χ4n) is 2.95. The third kappa shape index (κ3) is 3.25. The number of carbonyl (C=O) groups excluding carboxylic acids is 3. The van der Waals surface area contributed by atoms with E-state index in [9.17, 15) is 14.4 Å². The number of hydrogen-bond donors (Lipinski definition) is 3. The number of rotatable bonds is 3. The van der Waals surface area contributed by atoms with E-state index < -0.39 is 11.9 Å². The van der Waals surface area contributed by atoms with Gasteiger partial charge in [0.05, 0.1) is 6.26 Å². The summed E-state index contributed by atoms with van der Waals surface area (Å²) in [6.07, 6.45) is 1.71. The molecule has 1 aliphatic rings. The molecule has 3 amide bonds. The van der Waals surface area contributed by atoms with Crippen LogP contribution < -0.4 is 16.0 Å². The van der Waals surface area contributed by atoms with Crippen molar-refractivity contribution in [3.05, 3.63) is 60.1 Å². The van der Waals surface area contributed by atoms with E-state index in [4.69, 9.17) is 4.42 Å². The van der Waals surface area contributed by atoms with E-state index >= 15 is 0 Å². The lowest BCUT2D eigenvalue weighted by Crippen LogP contribution is -2.30. The summed E-state index contributed by atoms with van der Waals surface area (Å²) in [6.45, 7) is 1.76. The third-order valence-electron chi connectivity index (χ3n) is 4.37. The van der Waals surface area contributed by atoms with Crippen LogP contribution in [0.5, 0.6) is 0 Å². The number of anilines is 3. The third-order valence-corrected chi connectivity index (χ3v) is 4.37. The van der Waals surface area contributed by atoms with Crippen LogP contribution in [-0.4, -0.2) is 27.6 Å². The van der Waals surface area contributed by atoms with E-state index in [0.717, 1.165) is 4.68 Å². The smallest absolute Gasteiger partial charge is 0.324 e. The number of fused-ring (bicyclic) bond motifs is 1. The molecular weight excluding hydrogens is 362 g/mol. The van der Waals surface area contributed by atoms with Crippen molar-refractivity contribution >= 4 is 35.2 Å². The number of hydrogen-bond acceptors (Lipinski definition) is 5. The van der Waals surface area contributed by atoms with E-state index in [1.54, 1.807) is 37.3 Å². The first-order chi connectivity index (χ1) is 13.5. The standard InChI is InChI=1S/C19H17N5O4/c1-11-10-13-15(21-19(27)20-12-6-3-2-4-7-12)23-24(16(13)22-17(11)25)18(26)14-8-5-9-28-14/h2-9,11H,10H2,1H3,(H,22,25)(H2,20,21,23,27). The molecule has 0 saturated heterocycles. The Morgan fingerprint density at radius 1 is 1.18 bits per heavy atom. The van der Waals surface area contributed by atoms with Crippen LogP contribution in [-0.2, 0) is 11.2 Å². The van der Waals surface area contributed by atoms with Crippen molar-refractivity contribution in [3.8, 4) is 0 Å². The molecular formula is C19H17N5O4. The Balaban J connectivity index is 1.65. The Bertz CT molecular complexity index is 1040. The highest BCUT2D eigenvalue weighted by Crippen LogP contribution is 2.32. The molecule has 0 fully saturated rings. The van der Waals surface area contributed by atoms with Gasteiger partial charge in [-0.05, 0) is 30.7 Å². The van der Waals surface area contributed by atoms with E-state index in [1.165, 1.54) is 12.3 Å². The minimum Gasteiger partial charge on any atom is -0.459 e. The second kappa shape index (κ2) is 7.03. The number of nitrogens with zero attached hydrogens (tertiary/aromatic N) is 2. The number of furan rings is 1. The zero-order valence-corrected chi connectivity index (χ0v) is 14.9. The number of para-hydroxylation sites is 1. The normalized spacial score (nSPS) is 15.5. The fraction of sp³-hybridized carbons (Fsp3) is 0.158. The number of urea groups is 1. The molecule has 0 bridgehead atoms. The molecule has 0 saturated carbocycles. The predicted molar refractivity (Wildman–Crippen MR) is 101 cm³/mol. The average molecular weight is 379 g/mol. The van der Waals surface area contributed by atoms with Gasteiger partial charge in [0.2, 0.25) is 5.91 Å². The number of nitrogens with one attached hydrogen (secondary N) is 3. The summed E-state index contributed by atoms with van der Waals surface area (Å²) in [5, 5.41) is 12.3. The molecule has 4 rings (SSSR count). The molecule has 9 nitrogen and oxygen atoms in total. The molecule has 28 heavy (non-hydrogen) atoms. The minimum atomic E-state index is -0.548. The zero-order chi connectivity index (χ0) is 19.7. The van der Waals surface area contributed by atoms with Crippen LogP contribution in [0.3, 0.4) is 0 Å². The van der Waals surface area contributed by atoms with Crippen molar-refractivity contribution < 1.29 is 18.8 Å². The molecule has 3 N–H and O–H groups in total. The lowest BCUT2D eigenvalue weighted by molar-refractivity contribution is -0.119. The molecule has 0 spiro atoms. The second-order valence-corrected chi connectivity index (χ2v) is 6.41. The zero-order valence-electron chi connectivity index (χ0n) is 14.9. The number of benzene rings is 1. The maximum absolute atomic E-state index is 12.7. The van der Waals surface area contributed by atoms with Gasteiger partial charge in [-0.1, -0.05) is 25.1 Å². The van der Waals surface area contributed by atoms with Crippen molar-refractivity contribution in [2.75, 3.05) is 16.0 Å². The summed E-state index contributed by atoms with van der Waals surface area (Å²) in [6, 6.07) is 11.5. The van der Waals surface area contributed by atoms with Crippen LogP contribution in [0, 0.1) is 5.92 Å². The SMILES string of the molecule is CC1Cc2c(NC(=O)Nc3ccccc3)nn(C(=O)c3ccco3)c2NC1=O. The van der Waals surface area contributed by atoms with Crippen LogP contribution >= 0.6 is 0 Å². The number of aromatic nitrogens is 2. The van der Waals surface area contributed by atoms with Gasteiger partial charge in [0.25, 0.3) is 0 Å². The monoisotopic (exact) mass is 379 g/mol. The van der Waals surface area contributed by atoms with Crippen molar-refractivity contribution in [1.82, 2.24) is 9.78 Å². The molecule has 1 atom stereocenters. The van der Waals surface area contributed by atoms with Crippen LogP contribution in [0.1, 0.15) is 23.0 Å². The molecule has 1 aliphatic heterocycles. The molecule has 9 heteroatoms. The summed E-state index contributed by atoms with van der Waals surface area (Å²) in [7, 11) is 0. The first-order valence-corrected chi connectivity index (χ1v) is 8.67. The van der Waals surface area contributed by atoms with Gasteiger partial charge in [0, 0.05) is 17.2 Å². The van der Waals surface area contributed by atoms with E-state index in [2.05, 4.69) is 21.0 Å². The van der Waals surface area contributed by atoms with Gasteiger partial charge < -0.3 is 15.1 Å². The van der Waals surface area contributed by atoms with Gasteiger partial charge in [0.1, 0.15) is 5.82 Å². The molecule has 3 heterocycles. The Morgan fingerprint density at radius 3 is 2.68 bits per heavy atom. The topological polar surface area (TPSA) is 118 Å². The van der Waals surface area contributed by atoms with Crippen molar-refractivity contribution in [1.29, 1.82) is 0 Å². The average Bonchev–Trinajstić information content (AvgIpc) is 3.32. The molecule has 0 aliphatic carbocycles. The summed E-state index contributed by atoms with van der Waals surface area (Å²) in [4.78, 5) is 37.1. The molecule has 142 valence electrons. The Kier molecular flexibility index (Phi) is 4.40. The molecule has 1 aromatic carbocycles. The molecule has 1 unspecified atom stereocenters. The maximum Gasteiger partial charge on any atom is 0.324 e. The van der Waals surface area contributed by atoms with Crippen molar-refractivity contribution in [2.24, 2.45) is 5.92 Å². The highest BCUT2D eigenvalue weighted by molar-refractivity contribution is 6.04. The maximum atomic E-state index is 12.7. The largest absolute Gasteiger partial charge is 0.459 e. The molecule has 0 radical (unpaired) electrons. The predicted octanol–water partition coefficient (Wildman–Crippen LogP) is 2.94. The minimum absolute atomic E-state index is 0.0680. The summed E-state index contributed by atoms with van der Waals surface area (Å²) >= 11 is 0. The summed E-state index contributed by atoms with van der Waals surface area (Å²) in [5.41, 5.74) is 1.19. The molecule has 2 aromatic heterocycles. The number of amides is 3. The molecule has 3 aromatic rings. The quantitative estimate of drug-likeness (QED) is 0.647. The van der Waals surface area contributed by atoms with E-state index in [1.807, 2.05) is 6.07 Å². The van der Waals surface area contributed by atoms with E-state index in [-0.39, 0.29) is 29.2 Å². The highest BCUT2D eigenvalue weighted by atomic mass is 16.3. The first kappa shape index (κ1) is 17.5. The van der Waals surface area contributed by atoms with Gasteiger partial charge in [-0.15, -0.1) is 5.10 Å². The Hall–Kier alpha value is -3.88.